The molecule has 2 unspecified atom stereocenters. The Morgan fingerprint density at radius 1 is 0.866 bits per heavy atom. The Bertz CT molecular complexity index is 2850. The number of anilines is 2. The maximum atomic E-state index is 5.19. The number of hydrogen-bond acceptors (Lipinski definition) is 3. The van der Waals surface area contributed by atoms with Crippen LogP contribution in [0.4, 0.5) is 11.4 Å². The summed E-state index contributed by atoms with van der Waals surface area (Å²) in [5, 5.41) is 3.26. The summed E-state index contributed by atoms with van der Waals surface area (Å²) < 4.78 is 2.40. The fourth-order valence-corrected chi connectivity index (χ4v) is 9.66. The van der Waals surface area contributed by atoms with Crippen molar-refractivity contribution in [2.24, 2.45) is 20.9 Å². The van der Waals surface area contributed by atoms with Gasteiger partial charge in [-0.15, -0.1) is 11.8 Å². The van der Waals surface area contributed by atoms with Crippen LogP contribution in [0.2, 0.25) is 0 Å². The molecule has 0 amide bonds. The Morgan fingerprint density at radius 3 is 2.42 bits per heavy atom. The Hall–Kier alpha value is -6.50. The predicted molar refractivity (Wildman–Crippen MR) is 299 cm³/mol. The lowest BCUT2D eigenvalue weighted by atomic mass is 9.89. The van der Waals surface area contributed by atoms with Crippen LogP contribution in [0.1, 0.15) is 113 Å². The van der Waals surface area contributed by atoms with Gasteiger partial charge in [-0.05, 0) is 121 Å². The Kier molecular flexibility index (Phi) is 17.7. The number of amidine groups is 2. The lowest BCUT2D eigenvalue weighted by molar-refractivity contribution is 0.569. The van der Waals surface area contributed by atoms with Gasteiger partial charge in [0, 0.05) is 68.6 Å². The molecule has 0 fully saturated rings. The van der Waals surface area contributed by atoms with Crippen LogP contribution in [0.3, 0.4) is 0 Å². The van der Waals surface area contributed by atoms with Gasteiger partial charge in [0.25, 0.3) is 0 Å². The lowest BCUT2D eigenvalue weighted by Crippen LogP contribution is -2.18. The van der Waals surface area contributed by atoms with Gasteiger partial charge in [0.1, 0.15) is 0 Å². The largest absolute Gasteiger partial charge is 0.337 e. The highest BCUT2D eigenvalue weighted by Gasteiger charge is 2.26. The molecule has 0 radical (unpaired) electrons. The second-order valence-electron chi connectivity index (χ2n) is 16.7. The number of benzene rings is 4. The van der Waals surface area contributed by atoms with Gasteiger partial charge in [-0.2, -0.15) is 0 Å². The summed E-state index contributed by atoms with van der Waals surface area (Å²) in [4.78, 5) is 17.3. The van der Waals surface area contributed by atoms with Gasteiger partial charge in [-0.25, -0.2) is 9.98 Å². The molecule has 2 aliphatic heterocycles. The molecule has 8 rings (SSSR count). The van der Waals surface area contributed by atoms with E-state index >= 15 is 0 Å². The fourth-order valence-electron chi connectivity index (χ4n) is 9.03. The Morgan fingerprint density at radius 2 is 1.67 bits per heavy atom. The van der Waals surface area contributed by atoms with Gasteiger partial charge in [0.2, 0.25) is 0 Å². The van der Waals surface area contributed by atoms with E-state index in [4.69, 9.17) is 9.98 Å². The van der Waals surface area contributed by atoms with E-state index < -0.39 is 0 Å². The van der Waals surface area contributed by atoms with E-state index in [0.717, 1.165) is 81.8 Å². The number of thioether (sulfide) groups is 1. The first kappa shape index (κ1) is 49.9. The SMILES string of the molecule is C=C/C=C\C(C)C(C)c1c(C=C)c2cc(N3C/C=C\CCC(=C)c4ccccc43)ccc2n1-c1cccc(C(N=C)=NC(=NCc2ccc3c(c2)CC(C)=C3C)C2=CCSC=C2)c1.CC.CC. The van der Waals surface area contributed by atoms with Gasteiger partial charge >= 0.3 is 0 Å². The number of hydrogen-bond donors (Lipinski definition) is 0. The maximum absolute atomic E-state index is 5.19. The molecule has 3 heterocycles. The molecule has 0 saturated heterocycles. The van der Waals surface area contributed by atoms with Crippen LogP contribution >= 0.6 is 11.8 Å². The zero-order valence-corrected chi connectivity index (χ0v) is 42.0. The number of fused-ring (bicyclic) bond motifs is 3. The second kappa shape index (κ2) is 23.8. The molecule has 0 N–H and O–H groups in total. The van der Waals surface area contributed by atoms with E-state index in [1.54, 1.807) is 11.8 Å². The third-order valence-electron chi connectivity index (χ3n) is 12.8. The highest BCUT2D eigenvalue weighted by atomic mass is 32.2. The molecule has 5 nitrogen and oxygen atoms in total. The first-order valence-electron chi connectivity index (χ1n) is 24.0. The van der Waals surface area contributed by atoms with Gasteiger partial charge in [-0.3, -0.25) is 4.99 Å². The number of para-hydroxylation sites is 1. The average molecular weight is 904 g/mol. The lowest BCUT2D eigenvalue weighted by Gasteiger charge is -2.26. The average Bonchev–Trinajstić information content (AvgIpc) is 3.88. The quantitative estimate of drug-likeness (QED) is 0.0574. The molecule has 6 heteroatoms. The van der Waals surface area contributed by atoms with E-state index in [0.29, 0.717) is 18.2 Å². The summed E-state index contributed by atoms with van der Waals surface area (Å²) in [6.07, 6.45) is 19.9. The normalized spacial score (nSPS) is 16.3. The molecule has 3 aliphatic rings. The zero-order chi connectivity index (χ0) is 48.0. The van der Waals surface area contributed by atoms with Gasteiger partial charge in [0.05, 0.1) is 12.1 Å². The van der Waals surface area contributed by atoms with Crippen molar-refractivity contribution in [2.75, 3.05) is 17.2 Å². The van der Waals surface area contributed by atoms with E-state index in [-0.39, 0.29) is 11.8 Å². The van der Waals surface area contributed by atoms with Crippen molar-refractivity contribution >= 4 is 69.7 Å². The van der Waals surface area contributed by atoms with Crippen LogP contribution in [0, 0.1) is 5.92 Å². The van der Waals surface area contributed by atoms with Crippen molar-refractivity contribution in [1.82, 2.24) is 4.57 Å². The minimum absolute atomic E-state index is 0.126. The molecule has 1 aromatic heterocycles. The van der Waals surface area contributed by atoms with Crippen LogP contribution in [0.5, 0.6) is 0 Å². The van der Waals surface area contributed by atoms with E-state index in [1.807, 2.05) is 45.9 Å². The molecule has 2 atom stereocenters. The molecule has 1 aliphatic carbocycles. The van der Waals surface area contributed by atoms with Crippen LogP contribution in [0.25, 0.3) is 33.8 Å². The number of aromatic nitrogens is 1. The van der Waals surface area contributed by atoms with Crippen LogP contribution in [-0.4, -0.2) is 35.3 Å². The third kappa shape index (κ3) is 11.0. The fraction of sp³-hybridized carbons (Fsp3) is 0.262. The van der Waals surface area contributed by atoms with Crippen molar-refractivity contribution in [3.05, 3.63) is 203 Å². The first-order chi connectivity index (χ1) is 32.7. The van der Waals surface area contributed by atoms with Crippen LogP contribution in [0.15, 0.2) is 179 Å². The summed E-state index contributed by atoms with van der Waals surface area (Å²) in [5.74, 6) is 2.37. The molecule has 0 spiro atoms. The number of allylic oxidation sites excluding steroid dienone is 7. The van der Waals surface area contributed by atoms with Crippen molar-refractivity contribution in [2.45, 2.75) is 87.1 Å². The molecular formula is C61H69N5S. The smallest absolute Gasteiger partial charge is 0.161 e. The van der Waals surface area contributed by atoms with Crippen LogP contribution < -0.4 is 4.90 Å². The highest BCUT2D eigenvalue weighted by molar-refractivity contribution is 8.02. The van der Waals surface area contributed by atoms with Gasteiger partial charge in [0.15, 0.2) is 11.7 Å². The van der Waals surface area contributed by atoms with Crippen molar-refractivity contribution < 1.29 is 0 Å². The molecule has 0 saturated carbocycles. The zero-order valence-electron chi connectivity index (χ0n) is 41.1. The monoisotopic (exact) mass is 904 g/mol. The maximum Gasteiger partial charge on any atom is 0.161 e. The summed E-state index contributed by atoms with van der Waals surface area (Å²) >= 11 is 1.76. The summed E-state index contributed by atoms with van der Waals surface area (Å²) in [7, 11) is 0. The minimum Gasteiger partial charge on any atom is -0.337 e. The molecule has 5 aromatic rings. The highest BCUT2D eigenvalue weighted by Crippen LogP contribution is 2.42. The van der Waals surface area contributed by atoms with Crippen molar-refractivity contribution in [3.63, 3.8) is 0 Å². The number of aliphatic imine (C=N–C) groups is 3. The van der Waals surface area contributed by atoms with Crippen LogP contribution in [-0.2, 0) is 13.0 Å². The van der Waals surface area contributed by atoms with Gasteiger partial charge in [-0.1, -0.05) is 158 Å². The molecule has 4 aromatic carbocycles. The summed E-state index contributed by atoms with van der Waals surface area (Å²) in [6, 6.07) is 30.7. The number of rotatable bonds is 11. The second-order valence-corrected chi connectivity index (χ2v) is 17.6. The topological polar surface area (TPSA) is 45.2 Å². The molecule has 0 bridgehead atoms. The Balaban J connectivity index is 0.00000180. The van der Waals surface area contributed by atoms with E-state index in [1.165, 1.54) is 39.1 Å². The van der Waals surface area contributed by atoms with E-state index in [2.05, 4.69) is 189 Å². The molecule has 67 heavy (non-hydrogen) atoms. The van der Waals surface area contributed by atoms with Gasteiger partial charge < -0.3 is 9.47 Å². The first-order valence-corrected chi connectivity index (χ1v) is 25.0. The third-order valence-corrected chi connectivity index (χ3v) is 13.5. The summed E-state index contributed by atoms with van der Waals surface area (Å²) in [6.45, 7) is 35.2. The van der Waals surface area contributed by atoms with Crippen molar-refractivity contribution in [3.8, 4) is 5.69 Å². The summed E-state index contributed by atoms with van der Waals surface area (Å²) in [5.41, 5.74) is 17.6. The van der Waals surface area contributed by atoms with E-state index in [9.17, 15) is 0 Å². The minimum atomic E-state index is 0.126. The molecule has 344 valence electrons. The number of nitrogens with zero attached hydrogens (tertiary/aromatic N) is 5. The van der Waals surface area contributed by atoms with Crippen molar-refractivity contribution in [1.29, 1.82) is 0 Å². The predicted octanol–water partition coefficient (Wildman–Crippen LogP) is 16.9. The Labute approximate surface area is 406 Å². The standard InChI is InChI=1S/C57H57N5S.2C2H6/c1-9-11-18-38(3)42(7)55-49(10-2)52-36-47(61-30-16-12-13-19-39(4)50-22-14-15-23-53(50)61)25-27-54(52)62(55)48-21-17-20-45(35-48)56(58-8)60-57(44-28-31-63-32-29-44)59-37-43-24-26-51-41(6)40(5)33-46(51)34-43;2*1-2/h9-12,14-18,20-29,31,34-36,38,42H,1-2,4,8,13,19,30,32-33,37H2,3,5-7H3;2*1-2H3/b16-12-,18-11-,59-57?,60-56?;;. The molecular weight excluding hydrogens is 835 g/mol.